The minimum atomic E-state index is 0.569. The average molecular weight is 717 g/mol. The Bertz CT molecular complexity index is 3200. The summed E-state index contributed by atoms with van der Waals surface area (Å²) in [5.41, 5.74) is 12.4. The van der Waals surface area contributed by atoms with Crippen molar-refractivity contribution >= 4 is 43.7 Å². The molecule has 0 N–H and O–H groups in total. The second kappa shape index (κ2) is 13.0. The van der Waals surface area contributed by atoms with Gasteiger partial charge in [0, 0.05) is 43.8 Å². The molecule has 11 aromatic rings. The molecule has 0 saturated heterocycles. The van der Waals surface area contributed by atoms with Crippen molar-refractivity contribution in [2.75, 3.05) is 0 Å². The molecule has 0 bridgehead atoms. The third kappa shape index (κ3) is 5.29. The summed E-state index contributed by atoms with van der Waals surface area (Å²) >= 11 is 0. The molecule has 8 aromatic carbocycles. The van der Waals surface area contributed by atoms with Crippen molar-refractivity contribution in [2.45, 2.75) is 0 Å². The normalized spacial score (nSPS) is 11.6. The molecule has 3 heterocycles. The molecule has 0 unspecified atom stereocenters. The van der Waals surface area contributed by atoms with Crippen LogP contribution in [0.4, 0.5) is 0 Å². The summed E-state index contributed by atoms with van der Waals surface area (Å²) in [4.78, 5) is 15.3. The van der Waals surface area contributed by atoms with E-state index in [2.05, 4.69) is 126 Å². The predicted octanol–water partition coefficient (Wildman–Crippen LogP) is 13.2. The maximum Gasteiger partial charge on any atom is 0.238 e. The molecule has 0 aliphatic carbocycles. The fourth-order valence-electron chi connectivity index (χ4n) is 8.06. The van der Waals surface area contributed by atoms with Gasteiger partial charge in [-0.1, -0.05) is 170 Å². The molecule has 262 valence electrons. The van der Waals surface area contributed by atoms with Crippen molar-refractivity contribution in [1.29, 1.82) is 0 Å². The van der Waals surface area contributed by atoms with Crippen molar-refractivity contribution in [3.05, 3.63) is 194 Å². The minimum Gasteiger partial charge on any atom is -0.455 e. The summed E-state index contributed by atoms with van der Waals surface area (Å²) in [5.74, 6) is 1.82. The van der Waals surface area contributed by atoms with Gasteiger partial charge in [-0.2, -0.15) is 9.97 Å². The van der Waals surface area contributed by atoms with Crippen LogP contribution in [0.2, 0.25) is 0 Å². The SMILES string of the molecule is c1ccc(-c2nc(-c3ccccc3)nc(-n3c4ccccc4c4cccc(-c5cccc(-c6cccc(-c7cccc8c7oc7ccccc78)c6)c5)c43)n2)cc1. The number of hydrogen-bond acceptors (Lipinski definition) is 4. The Morgan fingerprint density at radius 3 is 1.55 bits per heavy atom. The van der Waals surface area contributed by atoms with Gasteiger partial charge in [-0.15, -0.1) is 0 Å². The topological polar surface area (TPSA) is 56.7 Å². The van der Waals surface area contributed by atoms with Crippen LogP contribution < -0.4 is 0 Å². The highest BCUT2D eigenvalue weighted by atomic mass is 16.3. The van der Waals surface area contributed by atoms with Crippen molar-refractivity contribution in [1.82, 2.24) is 19.5 Å². The van der Waals surface area contributed by atoms with E-state index in [0.717, 1.165) is 88.3 Å². The van der Waals surface area contributed by atoms with Gasteiger partial charge in [0.1, 0.15) is 11.2 Å². The number of hydrogen-bond donors (Lipinski definition) is 0. The monoisotopic (exact) mass is 716 g/mol. The Kier molecular flexibility index (Phi) is 7.42. The largest absolute Gasteiger partial charge is 0.455 e. The van der Waals surface area contributed by atoms with Gasteiger partial charge < -0.3 is 4.42 Å². The van der Waals surface area contributed by atoms with Crippen LogP contribution >= 0.6 is 0 Å². The third-order valence-electron chi connectivity index (χ3n) is 10.7. The van der Waals surface area contributed by atoms with Crippen LogP contribution in [0.15, 0.2) is 199 Å². The Hall–Kier alpha value is -7.63. The zero-order valence-electron chi connectivity index (χ0n) is 30.2. The van der Waals surface area contributed by atoms with Gasteiger partial charge >= 0.3 is 0 Å². The third-order valence-corrected chi connectivity index (χ3v) is 10.7. The zero-order chi connectivity index (χ0) is 37.0. The molecule has 56 heavy (non-hydrogen) atoms. The van der Waals surface area contributed by atoms with Crippen molar-refractivity contribution in [3.63, 3.8) is 0 Å². The van der Waals surface area contributed by atoms with Gasteiger partial charge in [0.25, 0.3) is 0 Å². The molecule has 0 fully saturated rings. The lowest BCUT2D eigenvalue weighted by atomic mass is 9.95. The van der Waals surface area contributed by atoms with E-state index in [1.807, 2.05) is 72.8 Å². The van der Waals surface area contributed by atoms with Crippen LogP contribution in [0.3, 0.4) is 0 Å². The summed E-state index contributed by atoms with van der Waals surface area (Å²) in [6, 6.07) is 67.5. The first-order valence-electron chi connectivity index (χ1n) is 18.8. The Balaban J connectivity index is 1.09. The lowest BCUT2D eigenvalue weighted by Crippen LogP contribution is -2.06. The standard InChI is InChI=1S/C51H32N4O/c1-3-15-33(16-4-1)49-52-50(34-17-5-2-6-18-34)54-51(53-49)55-45-29-9-7-23-41(45)43-27-13-25-39(47(43)55)37-21-11-19-35(31-37)36-20-12-22-38(32-36)40-26-14-28-44-42-24-8-10-30-46(42)56-48(40)44/h1-32H. The number of para-hydroxylation sites is 4. The summed E-state index contributed by atoms with van der Waals surface area (Å²) < 4.78 is 8.63. The number of aromatic nitrogens is 4. The van der Waals surface area contributed by atoms with Gasteiger partial charge in [0.2, 0.25) is 5.95 Å². The van der Waals surface area contributed by atoms with E-state index in [1.165, 1.54) is 0 Å². The second-order valence-corrected chi connectivity index (χ2v) is 14.0. The van der Waals surface area contributed by atoms with Crippen molar-refractivity contribution in [2.24, 2.45) is 0 Å². The molecule has 0 atom stereocenters. The second-order valence-electron chi connectivity index (χ2n) is 14.0. The van der Waals surface area contributed by atoms with E-state index in [4.69, 9.17) is 19.4 Å². The molecule has 0 saturated carbocycles. The highest BCUT2D eigenvalue weighted by Crippen LogP contribution is 2.40. The molecular weight excluding hydrogens is 685 g/mol. The zero-order valence-corrected chi connectivity index (χ0v) is 30.2. The minimum absolute atomic E-state index is 0.569. The van der Waals surface area contributed by atoms with Gasteiger partial charge in [0.15, 0.2) is 11.6 Å². The number of furan rings is 1. The fourth-order valence-corrected chi connectivity index (χ4v) is 8.06. The highest BCUT2D eigenvalue weighted by Gasteiger charge is 2.21. The molecule has 0 aliphatic heterocycles. The van der Waals surface area contributed by atoms with Crippen LogP contribution in [0.25, 0.3) is 106 Å². The van der Waals surface area contributed by atoms with Gasteiger partial charge in [-0.25, -0.2) is 4.98 Å². The molecule has 3 aromatic heterocycles. The van der Waals surface area contributed by atoms with E-state index in [0.29, 0.717) is 17.6 Å². The molecule has 0 aliphatic rings. The van der Waals surface area contributed by atoms with Gasteiger partial charge in [-0.05, 0) is 46.5 Å². The van der Waals surface area contributed by atoms with Gasteiger partial charge in [0.05, 0.1) is 11.0 Å². The Morgan fingerprint density at radius 2 is 0.857 bits per heavy atom. The van der Waals surface area contributed by atoms with Crippen molar-refractivity contribution in [3.8, 4) is 62.1 Å². The van der Waals surface area contributed by atoms with Crippen LogP contribution in [0, 0.1) is 0 Å². The van der Waals surface area contributed by atoms with Gasteiger partial charge in [-0.3, -0.25) is 4.57 Å². The molecule has 5 nitrogen and oxygen atoms in total. The molecular formula is C51H32N4O. The predicted molar refractivity (Wildman–Crippen MR) is 229 cm³/mol. The molecule has 0 radical (unpaired) electrons. The van der Waals surface area contributed by atoms with Crippen LogP contribution in [0.5, 0.6) is 0 Å². The summed E-state index contributed by atoms with van der Waals surface area (Å²) in [7, 11) is 0. The van der Waals surface area contributed by atoms with E-state index in [-0.39, 0.29) is 0 Å². The number of rotatable bonds is 6. The number of benzene rings is 8. The number of fused-ring (bicyclic) bond motifs is 6. The molecule has 11 rings (SSSR count). The van der Waals surface area contributed by atoms with E-state index in [1.54, 1.807) is 0 Å². The first-order chi connectivity index (χ1) is 27.8. The first kappa shape index (κ1) is 31.9. The average Bonchev–Trinajstić information content (AvgIpc) is 3.83. The molecule has 0 amide bonds. The summed E-state index contributed by atoms with van der Waals surface area (Å²) in [6.07, 6.45) is 0. The number of nitrogens with zero attached hydrogens (tertiary/aromatic N) is 4. The maximum atomic E-state index is 6.42. The summed E-state index contributed by atoms with van der Waals surface area (Å²) in [6.45, 7) is 0. The lowest BCUT2D eigenvalue weighted by Gasteiger charge is -2.13. The van der Waals surface area contributed by atoms with E-state index >= 15 is 0 Å². The quantitative estimate of drug-likeness (QED) is 0.172. The molecule has 0 spiro atoms. The first-order valence-corrected chi connectivity index (χ1v) is 18.8. The van der Waals surface area contributed by atoms with Crippen molar-refractivity contribution < 1.29 is 4.42 Å². The highest BCUT2D eigenvalue weighted by molar-refractivity contribution is 6.14. The summed E-state index contributed by atoms with van der Waals surface area (Å²) in [5, 5.41) is 4.52. The maximum absolute atomic E-state index is 6.42. The molecule has 5 heteroatoms. The van der Waals surface area contributed by atoms with E-state index in [9.17, 15) is 0 Å². The Labute approximate surface area is 322 Å². The lowest BCUT2D eigenvalue weighted by molar-refractivity contribution is 0.670. The van der Waals surface area contributed by atoms with Crippen LogP contribution in [-0.4, -0.2) is 19.5 Å². The fraction of sp³-hybridized carbons (Fsp3) is 0. The Morgan fingerprint density at radius 1 is 0.357 bits per heavy atom. The smallest absolute Gasteiger partial charge is 0.238 e. The van der Waals surface area contributed by atoms with Crippen LogP contribution in [-0.2, 0) is 0 Å². The van der Waals surface area contributed by atoms with Crippen LogP contribution in [0.1, 0.15) is 0 Å². The van der Waals surface area contributed by atoms with E-state index < -0.39 is 0 Å².